The van der Waals surface area contributed by atoms with Crippen molar-refractivity contribution in [2.75, 3.05) is 20.3 Å². The summed E-state index contributed by atoms with van der Waals surface area (Å²) in [7, 11) is 1.58. The molecule has 9 nitrogen and oxygen atoms in total. The monoisotopic (exact) mass is 407 g/mol. The van der Waals surface area contributed by atoms with Crippen molar-refractivity contribution in [3.8, 4) is 29.3 Å². The van der Waals surface area contributed by atoms with Crippen molar-refractivity contribution in [2.24, 2.45) is 0 Å². The zero-order valence-corrected chi connectivity index (χ0v) is 16.5. The molecular formula is C21H21N5O4. The number of likely N-dealkylation sites (tertiary alicyclic amines) is 1. The van der Waals surface area contributed by atoms with Crippen molar-refractivity contribution in [3.05, 3.63) is 35.9 Å². The van der Waals surface area contributed by atoms with Crippen molar-refractivity contribution in [1.29, 1.82) is 10.5 Å². The molecule has 2 fully saturated rings. The molecule has 2 heterocycles. The van der Waals surface area contributed by atoms with Gasteiger partial charge in [0.1, 0.15) is 17.7 Å². The highest BCUT2D eigenvalue weighted by atomic mass is 16.5. The summed E-state index contributed by atoms with van der Waals surface area (Å²) in [6, 6.07) is 6.93. The lowest BCUT2D eigenvalue weighted by Gasteiger charge is -2.15. The Morgan fingerprint density at radius 2 is 2.23 bits per heavy atom. The number of methoxy groups -OCH3 is 1. The van der Waals surface area contributed by atoms with Gasteiger partial charge in [0.25, 0.3) is 5.89 Å². The third-order valence-electron chi connectivity index (χ3n) is 5.14. The first-order valence-corrected chi connectivity index (χ1v) is 9.74. The second kappa shape index (κ2) is 8.44. The summed E-state index contributed by atoms with van der Waals surface area (Å²) >= 11 is 0. The molecule has 9 heteroatoms. The highest BCUT2D eigenvalue weighted by molar-refractivity contribution is 5.90. The Bertz CT molecular complexity index is 1020. The Hall–Kier alpha value is -3.56. The minimum absolute atomic E-state index is 0.0683. The van der Waals surface area contributed by atoms with Gasteiger partial charge in [-0.25, -0.2) is 4.98 Å². The van der Waals surface area contributed by atoms with E-state index in [-0.39, 0.29) is 24.1 Å². The number of aromatic nitrogens is 1. The van der Waals surface area contributed by atoms with Crippen LogP contribution in [0.25, 0.3) is 11.3 Å². The Labute approximate surface area is 173 Å². The molecule has 1 saturated heterocycles. The number of ether oxygens (including phenoxy) is 2. The fourth-order valence-corrected chi connectivity index (χ4v) is 3.51. The van der Waals surface area contributed by atoms with Crippen LogP contribution in [0.5, 0.6) is 5.75 Å². The van der Waals surface area contributed by atoms with Gasteiger partial charge in [-0.3, -0.25) is 4.79 Å². The minimum Gasteiger partial charge on any atom is -0.490 e. The topological polar surface area (TPSA) is 124 Å². The molecule has 154 valence electrons. The lowest BCUT2D eigenvalue weighted by Crippen LogP contribution is -2.36. The summed E-state index contributed by atoms with van der Waals surface area (Å²) in [5.41, 5.74) is 1.50. The van der Waals surface area contributed by atoms with E-state index in [4.69, 9.17) is 13.9 Å². The first-order chi connectivity index (χ1) is 14.6. The van der Waals surface area contributed by atoms with Crippen LogP contribution in [-0.2, 0) is 4.74 Å². The number of amides is 1. The third kappa shape index (κ3) is 4.22. The molecule has 1 aromatic heterocycles. The molecule has 1 aliphatic heterocycles. The lowest BCUT2D eigenvalue weighted by atomic mass is 10.1. The first-order valence-electron chi connectivity index (χ1n) is 9.74. The maximum absolute atomic E-state index is 12.6. The molecule has 0 spiro atoms. The van der Waals surface area contributed by atoms with E-state index < -0.39 is 5.91 Å². The highest BCUT2D eigenvalue weighted by Gasteiger charge is 2.33. The van der Waals surface area contributed by atoms with Crippen molar-refractivity contribution < 1.29 is 18.7 Å². The molecule has 0 bridgehead atoms. The van der Waals surface area contributed by atoms with Crippen LogP contribution in [0.3, 0.4) is 0 Å². The fourth-order valence-electron chi connectivity index (χ4n) is 3.51. The Morgan fingerprint density at radius 1 is 1.40 bits per heavy atom. The van der Waals surface area contributed by atoms with E-state index in [0.717, 1.165) is 12.8 Å². The van der Waals surface area contributed by atoms with Gasteiger partial charge < -0.3 is 24.1 Å². The van der Waals surface area contributed by atoms with E-state index in [1.807, 2.05) is 0 Å². The van der Waals surface area contributed by atoms with Crippen LogP contribution < -0.4 is 10.1 Å². The molecule has 1 amide bonds. The van der Waals surface area contributed by atoms with Crippen molar-refractivity contribution in [3.63, 3.8) is 0 Å². The highest BCUT2D eigenvalue weighted by Crippen LogP contribution is 2.35. The zero-order chi connectivity index (χ0) is 21.1. The lowest BCUT2D eigenvalue weighted by molar-refractivity contribution is 0.0903. The molecule has 1 unspecified atom stereocenters. The van der Waals surface area contributed by atoms with E-state index in [2.05, 4.69) is 22.6 Å². The number of nitrogens with zero attached hydrogens (tertiary/aromatic N) is 4. The summed E-state index contributed by atoms with van der Waals surface area (Å²) in [4.78, 5) is 18.5. The van der Waals surface area contributed by atoms with E-state index in [1.54, 1.807) is 30.2 Å². The van der Waals surface area contributed by atoms with Crippen LogP contribution in [0.2, 0.25) is 0 Å². The Morgan fingerprint density at radius 3 is 2.93 bits per heavy atom. The van der Waals surface area contributed by atoms with E-state index in [9.17, 15) is 15.3 Å². The molecule has 30 heavy (non-hydrogen) atoms. The quantitative estimate of drug-likeness (QED) is 0.692. The van der Waals surface area contributed by atoms with Crippen LogP contribution in [-0.4, -0.2) is 54.2 Å². The summed E-state index contributed by atoms with van der Waals surface area (Å²) < 4.78 is 16.4. The summed E-state index contributed by atoms with van der Waals surface area (Å²) in [5, 5.41) is 21.3. The van der Waals surface area contributed by atoms with Crippen LogP contribution in [0.4, 0.5) is 0 Å². The van der Waals surface area contributed by atoms with Crippen molar-refractivity contribution >= 4 is 5.91 Å². The normalized spacial score (nSPS) is 20.4. The Kier molecular flexibility index (Phi) is 5.55. The van der Waals surface area contributed by atoms with Crippen molar-refractivity contribution in [1.82, 2.24) is 15.2 Å². The second-order valence-corrected chi connectivity index (χ2v) is 7.45. The predicted molar refractivity (Wildman–Crippen MR) is 104 cm³/mol. The van der Waals surface area contributed by atoms with Crippen LogP contribution in [0.15, 0.2) is 28.9 Å². The average Bonchev–Trinajstić information content (AvgIpc) is 3.28. The minimum atomic E-state index is -0.455. The molecule has 1 aliphatic carbocycles. The average molecular weight is 407 g/mol. The number of rotatable bonds is 7. The maximum atomic E-state index is 12.6. The molecule has 4 rings (SSSR count). The smallest absolute Gasteiger partial charge is 0.307 e. The van der Waals surface area contributed by atoms with E-state index >= 15 is 0 Å². The molecule has 2 aliphatic rings. The third-order valence-corrected chi connectivity index (χ3v) is 5.14. The van der Waals surface area contributed by atoms with Crippen LogP contribution in [0.1, 0.15) is 35.5 Å². The Balaban J connectivity index is 1.49. The van der Waals surface area contributed by atoms with Gasteiger partial charge >= 0.3 is 5.91 Å². The van der Waals surface area contributed by atoms with Gasteiger partial charge in [0.2, 0.25) is 0 Å². The summed E-state index contributed by atoms with van der Waals surface area (Å²) in [6.07, 6.45) is 6.29. The summed E-state index contributed by atoms with van der Waals surface area (Å²) in [5.74, 6) is 0.0753. The predicted octanol–water partition coefficient (Wildman–Crippen LogP) is 2.05. The van der Waals surface area contributed by atoms with Gasteiger partial charge in [0.05, 0.1) is 30.4 Å². The van der Waals surface area contributed by atoms with Crippen LogP contribution >= 0.6 is 0 Å². The zero-order valence-electron chi connectivity index (χ0n) is 16.5. The molecule has 2 aromatic rings. The number of nitrogens with one attached hydrogen (secondary N) is 1. The van der Waals surface area contributed by atoms with E-state index in [0.29, 0.717) is 42.1 Å². The molecular weight excluding hydrogens is 386 g/mol. The van der Waals surface area contributed by atoms with Gasteiger partial charge in [0.15, 0.2) is 6.19 Å². The number of oxazole rings is 1. The SMILES string of the molecule is COCC1C[C@@H](NC(=O)c2nc(-c3cc(C#N)ccc3OC3CC3)co2)CN1C#N. The second-order valence-electron chi connectivity index (χ2n) is 7.45. The van der Waals surface area contributed by atoms with E-state index in [1.165, 1.54) is 6.26 Å². The van der Waals surface area contributed by atoms with Gasteiger partial charge in [-0.1, -0.05) is 0 Å². The number of carbonyl (C=O) groups excluding carboxylic acids is 1. The van der Waals surface area contributed by atoms with Gasteiger partial charge in [-0.15, -0.1) is 0 Å². The van der Waals surface area contributed by atoms with Gasteiger partial charge in [0, 0.05) is 25.3 Å². The van der Waals surface area contributed by atoms with Gasteiger partial charge in [-0.05, 0) is 37.5 Å². The summed E-state index contributed by atoms with van der Waals surface area (Å²) in [6.45, 7) is 0.829. The molecule has 1 aromatic carbocycles. The number of carbonyl (C=O) groups is 1. The van der Waals surface area contributed by atoms with Crippen LogP contribution in [0, 0.1) is 22.8 Å². The number of hydrogen-bond acceptors (Lipinski definition) is 8. The standard InChI is InChI=1S/C21H21N5O4/c1-28-10-15-7-14(9-26(15)12-23)24-20(27)21-25-18(11-29-21)17-6-13(8-22)2-5-19(17)30-16-3-4-16/h2,5-6,11,14-16H,3-4,7,9-10H2,1H3,(H,24,27)/t14-,15?/m1/s1. The fraction of sp³-hybridized carbons (Fsp3) is 0.429. The molecule has 0 radical (unpaired) electrons. The number of benzene rings is 1. The number of nitriles is 2. The van der Waals surface area contributed by atoms with Gasteiger partial charge in [-0.2, -0.15) is 10.5 Å². The van der Waals surface area contributed by atoms with Crippen molar-refractivity contribution in [2.45, 2.75) is 37.5 Å². The number of hydrogen-bond donors (Lipinski definition) is 1. The molecule has 1 N–H and O–H groups in total. The largest absolute Gasteiger partial charge is 0.490 e. The molecule has 2 atom stereocenters. The molecule has 1 saturated carbocycles. The first kappa shape index (κ1) is 19.7. The maximum Gasteiger partial charge on any atom is 0.307 e.